The number of halogens is 1. The molecule has 0 heterocycles. The monoisotopic (exact) mass is 369 g/mol. The first kappa shape index (κ1) is 18.4. The highest BCUT2D eigenvalue weighted by Gasteiger charge is 2.35. The number of sulfonamides is 1. The van der Waals surface area contributed by atoms with Crippen LogP contribution in [0.25, 0.3) is 0 Å². The maximum Gasteiger partial charge on any atom is 0.322 e. The summed E-state index contributed by atoms with van der Waals surface area (Å²) >= 11 is 3.97. The Morgan fingerprint density at radius 2 is 1.71 bits per heavy atom. The molecule has 2 aromatic carbocycles. The number of hydrogen-bond donors (Lipinski definition) is 2. The molecule has 0 saturated carbocycles. The van der Waals surface area contributed by atoms with Crippen molar-refractivity contribution in [2.24, 2.45) is 0 Å². The summed E-state index contributed by atoms with van der Waals surface area (Å²) in [5.74, 6) is -2.07. The van der Waals surface area contributed by atoms with Gasteiger partial charge in [-0.1, -0.05) is 30.3 Å². The number of rotatable bonds is 7. The number of thiol groups is 1. The summed E-state index contributed by atoms with van der Waals surface area (Å²) in [6, 6.07) is 11.5. The highest BCUT2D eigenvalue weighted by Crippen LogP contribution is 2.22. The molecule has 8 heteroatoms. The van der Waals surface area contributed by atoms with Gasteiger partial charge >= 0.3 is 5.97 Å². The lowest BCUT2D eigenvalue weighted by molar-refractivity contribution is -0.140. The molecule has 24 heavy (non-hydrogen) atoms. The molecule has 2 aromatic rings. The lowest BCUT2D eigenvalue weighted by Crippen LogP contribution is -2.45. The van der Waals surface area contributed by atoms with Crippen molar-refractivity contribution in [3.63, 3.8) is 0 Å². The second kappa shape index (κ2) is 7.78. The van der Waals surface area contributed by atoms with Gasteiger partial charge in [-0.25, -0.2) is 12.8 Å². The van der Waals surface area contributed by atoms with E-state index in [1.54, 1.807) is 30.3 Å². The van der Waals surface area contributed by atoms with Crippen molar-refractivity contribution in [2.45, 2.75) is 17.5 Å². The minimum Gasteiger partial charge on any atom is -0.480 e. The SMILES string of the molecule is O=C(O)C(CS)N(Cc1ccccc1)S(=O)(=O)c1ccc(F)cc1. The molecular formula is C16H16FNO4S2. The Labute approximate surface area is 145 Å². The molecule has 128 valence electrons. The summed E-state index contributed by atoms with van der Waals surface area (Å²) in [6.07, 6.45) is 0. The summed E-state index contributed by atoms with van der Waals surface area (Å²) in [5.41, 5.74) is 0.635. The largest absolute Gasteiger partial charge is 0.480 e. The number of carboxylic acid groups (broad SMARTS) is 1. The van der Waals surface area contributed by atoms with Gasteiger partial charge in [0.25, 0.3) is 0 Å². The summed E-state index contributed by atoms with van der Waals surface area (Å²) in [6.45, 7) is -0.127. The zero-order valence-corrected chi connectivity index (χ0v) is 14.3. The van der Waals surface area contributed by atoms with E-state index in [1.165, 1.54) is 0 Å². The van der Waals surface area contributed by atoms with Gasteiger partial charge in [0, 0.05) is 12.3 Å². The maximum absolute atomic E-state index is 13.1. The van der Waals surface area contributed by atoms with Crippen LogP contribution in [0, 0.1) is 5.82 Å². The van der Waals surface area contributed by atoms with Gasteiger partial charge < -0.3 is 5.11 Å². The lowest BCUT2D eigenvalue weighted by atomic mass is 10.2. The van der Waals surface area contributed by atoms with Gasteiger partial charge in [0.05, 0.1) is 4.90 Å². The highest BCUT2D eigenvalue weighted by molar-refractivity contribution is 7.89. The van der Waals surface area contributed by atoms with E-state index in [4.69, 9.17) is 0 Å². The number of aliphatic carboxylic acids is 1. The van der Waals surface area contributed by atoms with Crippen molar-refractivity contribution in [2.75, 3.05) is 5.75 Å². The molecule has 0 aromatic heterocycles. The minimum atomic E-state index is -4.14. The van der Waals surface area contributed by atoms with E-state index in [1.807, 2.05) is 0 Å². The predicted octanol–water partition coefficient (Wildman–Crippen LogP) is 2.40. The summed E-state index contributed by atoms with van der Waals surface area (Å²) in [7, 11) is -4.14. The smallest absolute Gasteiger partial charge is 0.322 e. The molecule has 0 bridgehead atoms. The van der Waals surface area contributed by atoms with Gasteiger partial charge in [-0.05, 0) is 29.8 Å². The van der Waals surface area contributed by atoms with Gasteiger partial charge in [-0.2, -0.15) is 16.9 Å². The molecular weight excluding hydrogens is 353 g/mol. The van der Waals surface area contributed by atoms with Crippen molar-refractivity contribution in [1.82, 2.24) is 4.31 Å². The third kappa shape index (κ3) is 4.14. The minimum absolute atomic E-state index is 0.127. The Kier molecular flexibility index (Phi) is 5.98. The number of carbonyl (C=O) groups is 1. The molecule has 0 fully saturated rings. The molecule has 1 atom stereocenters. The normalized spacial score (nSPS) is 13.0. The maximum atomic E-state index is 13.1. The third-order valence-electron chi connectivity index (χ3n) is 3.41. The van der Waals surface area contributed by atoms with Crippen molar-refractivity contribution in [1.29, 1.82) is 0 Å². The van der Waals surface area contributed by atoms with Crippen LogP contribution in [0.15, 0.2) is 59.5 Å². The van der Waals surface area contributed by atoms with E-state index in [-0.39, 0.29) is 17.2 Å². The van der Waals surface area contributed by atoms with Gasteiger partial charge in [0.15, 0.2) is 0 Å². The number of benzene rings is 2. The summed E-state index contributed by atoms with van der Waals surface area (Å²) in [4.78, 5) is 11.3. The summed E-state index contributed by atoms with van der Waals surface area (Å²) < 4.78 is 39.6. The average Bonchev–Trinajstić information content (AvgIpc) is 2.55. The van der Waals surface area contributed by atoms with Crippen LogP contribution in [0.1, 0.15) is 5.56 Å². The molecule has 5 nitrogen and oxygen atoms in total. The molecule has 0 spiro atoms. The first-order valence-corrected chi connectivity index (χ1v) is 9.08. The summed E-state index contributed by atoms with van der Waals surface area (Å²) in [5, 5.41) is 9.36. The fourth-order valence-corrected chi connectivity index (χ4v) is 4.19. The second-order valence-electron chi connectivity index (χ2n) is 5.03. The Bertz CT molecular complexity index is 795. The van der Waals surface area contributed by atoms with Crippen LogP contribution >= 0.6 is 12.6 Å². The molecule has 0 radical (unpaired) electrons. The van der Waals surface area contributed by atoms with E-state index >= 15 is 0 Å². The lowest BCUT2D eigenvalue weighted by Gasteiger charge is -2.27. The topological polar surface area (TPSA) is 74.7 Å². The van der Waals surface area contributed by atoms with Crippen LogP contribution in [0.5, 0.6) is 0 Å². The van der Waals surface area contributed by atoms with Crippen molar-refractivity contribution in [3.8, 4) is 0 Å². The standard InChI is InChI=1S/C16H16FNO4S2/c17-13-6-8-14(9-7-13)24(21,22)18(15(11-23)16(19)20)10-12-4-2-1-3-5-12/h1-9,15,23H,10-11H2,(H,19,20). The van der Waals surface area contributed by atoms with Crippen molar-refractivity contribution in [3.05, 3.63) is 66.0 Å². The molecule has 2 rings (SSSR count). The van der Waals surface area contributed by atoms with E-state index < -0.39 is 27.9 Å². The first-order valence-electron chi connectivity index (χ1n) is 7.01. The van der Waals surface area contributed by atoms with Crippen LogP contribution in [0.4, 0.5) is 4.39 Å². The van der Waals surface area contributed by atoms with E-state index in [0.717, 1.165) is 28.6 Å². The van der Waals surface area contributed by atoms with E-state index in [9.17, 15) is 22.7 Å². The Morgan fingerprint density at radius 1 is 1.12 bits per heavy atom. The first-order chi connectivity index (χ1) is 11.4. The zero-order chi connectivity index (χ0) is 17.7. The van der Waals surface area contributed by atoms with Crippen molar-refractivity contribution >= 4 is 28.6 Å². The quantitative estimate of drug-likeness (QED) is 0.735. The van der Waals surface area contributed by atoms with Gasteiger partial charge in [-0.15, -0.1) is 0 Å². The Balaban J connectivity index is 2.47. The van der Waals surface area contributed by atoms with Crippen molar-refractivity contribution < 1.29 is 22.7 Å². The second-order valence-corrected chi connectivity index (χ2v) is 7.28. The van der Waals surface area contributed by atoms with Crippen LogP contribution in [-0.4, -0.2) is 35.6 Å². The van der Waals surface area contributed by atoms with Crippen LogP contribution in [0.2, 0.25) is 0 Å². The number of carboxylic acids is 1. The molecule has 0 saturated heterocycles. The molecule has 1 unspecified atom stereocenters. The molecule has 0 aliphatic carbocycles. The molecule has 0 aliphatic rings. The van der Waals surface area contributed by atoms with Crippen LogP contribution in [-0.2, 0) is 21.4 Å². The fourth-order valence-electron chi connectivity index (χ4n) is 2.16. The Morgan fingerprint density at radius 3 is 2.21 bits per heavy atom. The average molecular weight is 369 g/mol. The van der Waals surface area contributed by atoms with E-state index in [2.05, 4.69) is 12.6 Å². The number of hydrogen-bond acceptors (Lipinski definition) is 4. The van der Waals surface area contributed by atoms with Gasteiger partial charge in [0.1, 0.15) is 11.9 Å². The Hall–Kier alpha value is -1.90. The number of nitrogens with zero attached hydrogens (tertiary/aromatic N) is 1. The molecule has 0 amide bonds. The van der Waals surface area contributed by atoms with Gasteiger partial charge in [-0.3, -0.25) is 4.79 Å². The molecule has 0 aliphatic heterocycles. The highest BCUT2D eigenvalue weighted by atomic mass is 32.2. The fraction of sp³-hybridized carbons (Fsp3) is 0.188. The van der Waals surface area contributed by atoms with E-state index in [0.29, 0.717) is 5.56 Å². The van der Waals surface area contributed by atoms with Crippen LogP contribution in [0.3, 0.4) is 0 Å². The molecule has 1 N–H and O–H groups in total. The van der Waals surface area contributed by atoms with Crippen LogP contribution < -0.4 is 0 Å². The third-order valence-corrected chi connectivity index (χ3v) is 5.62. The predicted molar refractivity (Wildman–Crippen MR) is 90.8 cm³/mol. The zero-order valence-electron chi connectivity index (χ0n) is 12.5. The van der Waals surface area contributed by atoms with Gasteiger partial charge in [0.2, 0.25) is 10.0 Å².